The van der Waals surface area contributed by atoms with E-state index in [2.05, 4.69) is 5.75 Å². The molecule has 1 fully saturated rings. The average molecular weight is 119 g/mol. The molecule has 6 heavy (non-hydrogen) atoms. The van der Waals surface area contributed by atoms with Crippen LogP contribution in [0, 0.1) is 5.75 Å². The van der Waals surface area contributed by atoms with Crippen LogP contribution in [0.4, 0.5) is 0 Å². The van der Waals surface area contributed by atoms with Crippen LogP contribution >= 0.6 is 23.5 Å². The lowest BCUT2D eigenvalue weighted by atomic mass is 10.9. The second-order valence-electron chi connectivity index (χ2n) is 1.11. The van der Waals surface area contributed by atoms with Gasteiger partial charge in [-0.05, 0) is 0 Å². The minimum Gasteiger partial charge on any atom is -0.160 e. The normalized spacial score (nSPS) is 24.0. The smallest absolute Gasteiger partial charge is 0.0265 e. The number of hydrogen-bond donors (Lipinski definition) is 0. The van der Waals surface area contributed by atoms with Gasteiger partial charge in [0.2, 0.25) is 0 Å². The van der Waals surface area contributed by atoms with Crippen molar-refractivity contribution in [3.05, 3.63) is 5.75 Å². The van der Waals surface area contributed by atoms with Gasteiger partial charge in [0.05, 0.1) is 0 Å². The molecule has 0 saturated carbocycles. The van der Waals surface area contributed by atoms with Gasteiger partial charge in [0.1, 0.15) is 0 Å². The zero-order chi connectivity index (χ0) is 4.24. The van der Waals surface area contributed by atoms with Crippen LogP contribution in [0.25, 0.3) is 0 Å². The van der Waals surface area contributed by atoms with Crippen molar-refractivity contribution in [2.45, 2.75) is 0 Å². The Hall–Kier alpha value is 0.700. The second kappa shape index (κ2) is 2.80. The molecule has 0 aromatic carbocycles. The minimum atomic E-state index is 1.25. The van der Waals surface area contributed by atoms with Crippen molar-refractivity contribution < 1.29 is 0 Å². The maximum absolute atomic E-state index is 2.27. The van der Waals surface area contributed by atoms with Gasteiger partial charge in [0.15, 0.2) is 0 Å². The highest BCUT2D eigenvalue weighted by molar-refractivity contribution is 8.07. The molecule has 0 aromatic heterocycles. The van der Waals surface area contributed by atoms with Gasteiger partial charge in [-0.2, -0.15) is 23.5 Å². The number of hydrogen-bond acceptors (Lipinski definition) is 2. The summed E-state index contributed by atoms with van der Waals surface area (Å²) in [6.07, 6.45) is 0. The summed E-state index contributed by atoms with van der Waals surface area (Å²) in [5.41, 5.74) is 0. The summed E-state index contributed by atoms with van der Waals surface area (Å²) in [7, 11) is 0. The van der Waals surface area contributed by atoms with Gasteiger partial charge >= 0.3 is 0 Å². The first-order valence-corrected chi connectivity index (χ1v) is 4.21. The lowest BCUT2D eigenvalue weighted by molar-refractivity contribution is 1.50. The number of rotatable bonds is 0. The van der Waals surface area contributed by atoms with E-state index in [1.165, 1.54) is 17.3 Å². The molecule has 0 aromatic rings. The molecule has 0 N–H and O–H groups in total. The molecule has 0 bridgehead atoms. The first-order chi connectivity index (χ1) is 3.00. The maximum Gasteiger partial charge on any atom is 0.0265 e. The summed E-state index contributed by atoms with van der Waals surface area (Å²) >= 11 is 3.97. The largest absolute Gasteiger partial charge is 0.160 e. The predicted octanol–water partition coefficient (Wildman–Crippen LogP) is 1.63. The van der Waals surface area contributed by atoms with Crippen LogP contribution in [-0.2, 0) is 0 Å². The Kier molecular flexibility index (Phi) is 2.27. The Labute approximate surface area is 47.1 Å². The summed E-state index contributed by atoms with van der Waals surface area (Å²) in [6, 6.07) is 0. The average Bonchev–Trinajstić information content (AvgIpc) is 1.72. The van der Waals surface area contributed by atoms with E-state index < -0.39 is 0 Å². The molecule has 0 aliphatic carbocycles. The van der Waals surface area contributed by atoms with Gasteiger partial charge in [-0.25, -0.2) is 0 Å². The van der Waals surface area contributed by atoms with E-state index in [4.69, 9.17) is 0 Å². The van der Waals surface area contributed by atoms with Crippen LogP contribution in [0.2, 0.25) is 0 Å². The minimum absolute atomic E-state index is 1.25. The quantitative estimate of drug-likeness (QED) is 0.475. The molecule has 0 nitrogen and oxygen atoms in total. The highest BCUT2D eigenvalue weighted by Gasteiger charge is 1.96. The summed E-state index contributed by atoms with van der Waals surface area (Å²) in [5, 5.41) is 0. The van der Waals surface area contributed by atoms with Crippen molar-refractivity contribution in [3.63, 3.8) is 0 Å². The topological polar surface area (TPSA) is 0 Å². The van der Waals surface area contributed by atoms with E-state index in [1.807, 2.05) is 23.5 Å². The predicted molar refractivity (Wildman–Crippen MR) is 34.1 cm³/mol. The molecule has 35 valence electrons. The first kappa shape index (κ1) is 4.85. The molecular formula is C4H7S2. The van der Waals surface area contributed by atoms with Crippen LogP contribution in [0.5, 0.6) is 0 Å². The van der Waals surface area contributed by atoms with Crippen LogP contribution in [0.3, 0.4) is 0 Å². The van der Waals surface area contributed by atoms with Gasteiger partial charge in [0, 0.05) is 23.0 Å². The molecule has 1 rings (SSSR count). The van der Waals surface area contributed by atoms with E-state index >= 15 is 0 Å². The van der Waals surface area contributed by atoms with Crippen LogP contribution in [-0.4, -0.2) is 17.3 Å². The van der Waals surface area contributed by atoms with E-state index in [1.54, 1.807) is 0 Å². The van der Waals surface area contributed by atoms with Crippen molar-refractivity contribution in [1.82, 2.24) is 0 Å². The summed E-state index contributed by atoms with van der Waals surface area (Å²) in [4.78, 5) is 0. The van der Waals surface area contributed by atoms with Gasteiger partial charge in [-0.1, -0.05) is 0 Å². The molecule has 0 spiro atoms. The molecule has 0 amide bonds. The van der Waals surface area contributed by atoms with Gasteiger partial charge in [-0.3, -0.25) is 0 Å². The summed E-state index contributed by atoms with van der Waals surface area (Å²) < 4.78 is 0. The summed E-state index contributed by atoms with van der Waals surface area (Å²) in [6.45, 7) is 0. The van der Waals surface area contributed by atoms with Crippen molar-refractivity contribution >= 4 is 23.5 Å². The maximum atomic E-state index is 2.27. The van der Waals surface area contributed by atoms with Crippen molar-refractivity contribution in [3.8, 4) is 0 Å². The third-order valence-electron chi connectivity index (χ3n) is 0.649. The zero-order valence-electron chi connectivity index (χ0n) is 3.52. The molecule has 0 unspecified atom stereocenters. The van der Waals surface area contributed by atoms with E-state index in [9.17, 15) is 0 Å². The highest BCUT2D eigenvalue weighted by Crippen LogP contribution is 2.18. The Morgan fingerprint density at radius 3 is 2.50 bits per heavy atom. The van der Waals surface area contributed by atoms with Crippen LogP contribution in [0.15, 0.2) is 0 Å². The third kappa shape index (κ3) is 1.43. The monoisotopic (exact) mass is 119 g/mol. The molecular weight excluding hydrogens is 112 g/mol. The number of thioether (sulfide) groups is 2. The molecule has 2 heteroatoms. The Bertz CT molecular complexity index is 21.0. The fourth-order valence-electron chi connectivity index (χ4n) is 0.370. The lowest BCUT2D eigenvalue weighted by Crippen LogP contribution is -1.92. The fourth-order valence-corrected chi connectivity index (χ4v) is 2.33. The van der Waals surface area contributed by atoms with Gasteiger partial charge < -0.3 is 0 Å². The Morgan fingerprint density at radius 1 is 1.33 bits per heavy atom. The second-order valence-corrected chi connectivity index (χ2v) is 3.34. The molecule has 0 atom stereocenters. The molecule has 1 saturated heterocycles. The third-order valence-corrected chi connectivity index (χ3v) is 2.86. The highest BCUT2D eigenvalue weighted by atomic mass is 32.2. The zero-order valence-corrected chi connectivity index (χ0v) is 5.15. The summed E-state index contributed by atoms with van der Waals surface area (Å²) in [5.74, 6) is 6.20. The van der Waals surface area contributed by atoms with Crippen molar-refractivity contribution in [1.29, 1.82) is 0 Å². The van der Waals surface area contributed by atoms with E-state index in [0.717, 1.165) is 0 Å². The molecule has 1 heterocycles. The van der Waals surface area contributed by atoms with E-state index in [-0.39, 0.29) is 0 Å². The Morgan fingerprint density at radius 2 is 2.33 bits per heavy atom. The Balaban J connectivity index is 2.00. The van der Waals surface area contributed by atoms with Crippen LogP contribution in [0.1, 0.15) is 0 Å². The van der Waals surface area contributed by atoms with Crippen LogP contribution < -0.4 is 0 Å². The standard InChI is InChI=1S/C4H7S2/c1-2-6-4-3-5-1/h1H,2-4H2. The van der Waals surface area contributed by atoms with E-state index in [0.29, 0.717) is 0 Å². The van der Waals surface area contributed by atoms with Gasteiger partial charge in [-0.15, -0.1) is 0 Å². The van der Waals surface area contributed by atoms with Gasteiger partial charge in [0.25, 0.3) is 0 Å². The molecule has 1 aliphatic rings. The van der Waals surface area contributed by atoms with Crippen molar-refractivity contribution in [2.75, 3.05) is 17.3 Å². The SMILES string of the molecule is [CH]1CSCCS1. The molecule has 1 radical (unpaired) electrons. The first-order valence-electron chi connectivity index (χ1n) is 2.01. The lowest BCUT2D eigenvalue weighted by Gasteiger charge is -2.05. The fraction of sp³-hybridized carbons (Fsp3) is 0.750. The van der Waals surface area contributed by atoms with Crippen molar-refractivity contribution in [2.24, 2.45) is 0 Å². The molecule has 1 aliphatic heterocycles.